The van der Waals surface area contributed by atoms with Gasteiger partial charge in [-0.2, -0.15) is 0 Å². The first-order valence-electron chi connectivity index (χ1n) is 8.70. The highest BCUT2D eigenvalue weighted by molar-refractivity contribution is 5.84. The second-order valence-corrected chi connectivity index (χ2v) is 6.47. The summed E-state index contributed by atoms with van der Waals surface area (Å²) in [5, 5.41) is 19.7. The van der Waals surface area contributed by atoms with Crippen LogP contribution in [0.15, 0.2) is 73.3 Å². The van der Waals surface area contributed by atoms with Gasteiger partial charge in [-0.1, -0.05) is 54.6 Å². The van der Waals surface area contributed by atoms with E-state index in [4.69, 9.17) is 9.94 Å². The van der Waals surface area contributed by atoms with Crippen molar-refractivity contribution in [2.45, 2.75) is 25.2 Å². The van der Waals surface area contributed by atoms with Crippen LogP contribution in [0.5, 0.6) is 0 Å². The zero-order valence-electron chi connectivity index (χ0n) is 15.3. The number of aliphatic hydroxyl groups is 1. The molecule has 0 aliphatic rings. The minimum Gasteiger partial charge on any atom is -0.385 e. The Bertz CT molecular complexity index is 904. The van der Waals surface area contributed by atoms with Crippen molar-refractivity contribution in [1.82, 2.24) is 15.4 Å². The molecule has 7 nitrogen and oxygen atoms in total. The van der Waals surface area contributed by atoms with Crippen LogP contribution >= 0.6 is 0 Å². The molecule has 0 aliphatic heterocycles. The third-order valence-electron chi connectivity index (χ3n) is 4.57. The Morgan fingerprint density at radius 3 is 2.29 bits per heavy atom. The highest BCUT2D eigenvalue weighted by Gasteiger charge is 2.43. The molecular formula is C21H21N3O4. The van der Waals surface area contributed by atoms with Crippen molar-refractivity contribution in [2.24, 2.45) is 0 Å². The second-order valence-electron chi connectivity index (χ2n) is 6.47. The maximum absolute atomic E-state index is 12.2. The molecule has 0 spiro atoms. The van der Waals surface area contributed by atoms with Gasteiger partial charge in [0.2, 0.25) is 0 Å². The minimum atomic E-state index is -1.74. The number of hydrogen-bond acceptors (Lipinski definition) is 6. The van der Waals surface area contributed by atoms with Crippen molar-refractivity contribution in [1.29, 1.82) is 0 Å². The van der Waals surface area contributed by atoms with Gasteiger partial charge < -0.3 is 9.84 Å². The highest BCUT2D eigenvalue weighted by Crippen LogP contribution is 2.30. The van der Waals surface area contributed by atoms with Crippen LogP contribution in [0, 0.1) is 0 Å². The number of amides is 1. The van der Waals surface area contributed by atoms with Crippen molar-refractivity contribution < 1.29 is 19.8 Å². The van der Waals surface area contributed by atoms with Crippen LogP contribution in [0.1, 0.15) is 24.2 Å². The van der Waals surface area contributed by atoms with Gasteiger partial charge in [-0.3, -0.25) is 10.0 Å². The number of aliphatic hydroxyl groups excluding tert-OH is 1. The summed E-state index contributed by atoms with van der Waals surface area (Å²) >= 11 is 0. The number of benzene rings is 2. The second kappa shape index (κ2) is 8.71. The lowest BCUT2D eigenvalue weighted by molar-refractivity contribution is -0.173. The molecule has 3 aromatic rings. The Hall–Kier alpha value is -3.13. The van der Waals surface area contributed by atoms with E-state index in [-0.39, 0.29) is 6.61 Å². The number of rotatable bonds is 7. The molecule has 0 aliphatic carbocycles. The molecule has 2 atom stereocenters. The standard InChI is InChI=1S/C21H21N3O4/c1-21(20(26)24-27,19(25)18-11-22-14-23-12-18)28-13-15-7-9-17(10-8-15)16-5-3-2-4-6-16/h2-12,14,19,25,27H,13H2,1H3,(H,24,26)/t19-,21-/m0/s1. The van der Waals surface area contributed by atoms with Gasteiger partial charge >= 0.3 is 0 Å². The SMILES string of the molecule is C[C@@](OCc1ccc(-c2ccccc2)cc1)(C(=O)NO)[C@@H](O)c1cncnc1. The molecule has 28 heavy (non-hydrogen) atoms. The molecule has 2 aromatic carbocycles. The fourth-order valence-electron chi connectivity index (χ4n) is 2.81. The minimum absolute atomic E-state index is 0.0593. The molecule has 0 bridgehead atoms. The lowest BCUT2D eigenvalue weighted by Gasteiger charge is -2.32. The summed E-state index contributed by atoms with van der Waals surface area (Å²) < 4.78 is 5.75. The van der Waals surface area contributed by atoms with Gasteiger partial charge in [0.15, 0.2) is 5.60 Å². The van der Waals surface area contributed by atoms with E-state index in [1.807, 2.05) is 54.6 Å². The summed E-state index contributed by atoms with van der Waals surface area (Å²) in [5.74, 6) is -0.871. The first kappa shape index (κ1) is 19.6. The third kappa shape index (κ3) is 4.23. The van der Waals surface area contributed by atoms with Crippen molar-refractivity contribution in [2.75, 3.05) is 0 Å². The predicted molar refractivity (Wildman–Crippen MR) is 102 cm³/mol. The molecule has 3 rings (SSSR count). The molecule has 7 heteroatoms. The van der Waals surface area contributed by atoms with Gasteiger partial charge in [0.1, 0.15) is 12.4 Å². The van der Waals surface area contributed by atoms with Crippen molar-refractivity contribution in [3.8, 4) is 11.1 Å². The van der Waals surface area contributed by atoms with E-state index in [9.17, 15) is 9.90 Å². The number of carbonyl (C=O) groups is 1. The van der Waals surface area contributed by atoms with Gasteiger partial charge in [-0.15, -0.1) is 0 Å². The largest absolute Gasteiger partial charge is 0.385 e. The van der Waals surface area contributed by atoms with Crippen LogP contribution in [-0.4, -0.2) is 31.8 Å². The summed E-state index contributed by atoms with van der Waals surface area (Å²) in [5.41, 5.74) is 3.09. The normalized spacial score (nSPS) is 14.1. The van der Waals surface area contributed by atoms with E-state index in [1.54, 1.807) is 5.48 Å². The lowest BCUT2D eigenvalue weighted by Crippen LogP contribution is -2.50. The lowest BCUT2D eigenvalue weighted by atomic mass is 9.93. The van der Waals surface area contributed by atoms with Gasteiger partial charge in [0.25, 0.3) is 5.91 Å². The van der Waals surface area contributed by atoms with E-state index in [1.165, 1.54) is 25.6 Å². The Kier molecular flexibility index (Phi) is 6.10. The van der Waals surface area contributed by atoms with Crippen molar-refractivity contribution in [3.63, 3.8) is 0 Å². The molecule has 3 N–H and O–H groups in total. The molecule has 0 saturated carbocycles. The van der Waals surface area contributed by atoms with Crippen LogP contribution in [-0.2, 0) is 16.1 Å². The van der Waals surface area contributed by atoms with Crippen LogP contribution in [0.25, 0.3) is 11.1 Å². The number of nitrogens with zero attached hydrogens (tertiary/aromatic N) is 2. The van der Waals surface area contributed by atoms with Crippen LogP contribution in [0.2, 0.25) is 0 Å². The van der Waals surface area contributed by atoms with Crippen molar-refractivity contribution >= 4 is 5.91 Å². The molecule has 0 radical (unpaired) electrons. The first-order chi connectivity index (χ1) is 13.5. The number of ether oxygens (including phenoxy) is 1. The number of aromatic nitrogens is 2. The first-order valence-corrected chi connectivity index (χ1v) is 8.70. The Morgan fingerprint density at radius 2 is 1.68 bits per heavy atom. The third-order valence-corrected chi connectivity index (χ3v) is 4.57. The Labute approximate surface area is 162 Å². The maximum atomic E-state index is 12.2. The van der Waals surface area contributed by atoms with Crippen LogP contribution in [0.4, 0.5) is 0 Å². The quantitative estimate of drug-likeness (QED) is 0.431. The summed E-state index contributed by atoms with van der Waals surface area (Å²) in [6, 6.07) is 17.6. The maximum Gasteiger partial charge on any atom is 0.278 e. The molecule has 144 valence electrons. The van der Waals surface area contributed by atoms with E-state index in [2.05, 4.69) is 9.97 Å². The van der Waals surface area contributed by atoms with Crippen LogP contribution < -0.4 is 5.48 Å². The van der Waals surface area contributed by atoms with Crippen molar-refractivity contribution in [3.05, 3.63) is 84.4 Å². The average Bonchev–Trinajstić information content (AvgIpc) is 2.78. The Morgan fingerprint density at radius 1 is 1.07 bits per heavy atom. The Balaban J connectivity index is 1.76. The molecule has 1 heterocycles. The van der Waals surface area contributed by atoms with Gasteiger partial charge in [-0.05, 0) is 23.6 Å². The monoisotopic (exact) mass is 379 g/mol. The summed E-state index contributed by atoms with van der Waals surface area (Å²) in [4.78, 5) is 19.9. The number of nitrogens with one attached hydrogen (secondary N) is 1. The number of carbonyl (C=O) groups excluding carboxylic acids is 1. The molecule has 0 saturated heterocycles. The number of hydrogen-bond donors (Lipinski definition) is 3. The highest BCUT2D eigenvalue weighted by atomic mass is 16.5. The smallest absolute Gasteiger partial charge is 0.278 e. The summed E-state index contributed by atoms with van der Waals surface area (Å²) in [6.07, 6.45) is 2.72. The van der Waals surface area contributed by atoms with E-state index in [0.717, 1.165) is 16.7 Å². The van der Waals surface area contributed by atoms with Gasteiger partial charge in [0, 0.05) is 18.0 Å². The number of hydroxylamine groups is 1. The van der Waals surface area contributed by atoms with E-state index in [0.29, 0.717) is 5.56 Å². The predicted octanol–water partition coefficient (Wildman–Crippen LogP) is 2.66. The fourth-order valence-corrected chi connectivity index (χ4v) is 2.81. The topological polar surface area (TPSA) is 105 Å². The molecule has 1 aromatic heterocycles. The van der Waals surface area contributed by atoms with Gasteiger partial charge in [0.05, 0.1) is 6.61 Å². The zero-order valence-corrected chi connectivity index (χ0v) is 15.3. The molecular weight excluding hydrogens is 358 g/mol. The van der Waals surface area contributed by atoms with Crippen LogP contribution in [0.3, 0.4) is 0 Å². The van der Waals surface area contributed by atoms with E-state index < -0.39 is 17.6 Å². The summed E-state index contributed by atoms with van der Waals surface area (Å²) in [7, 11) is 0. The van der Waals surface area contributed by atoms with Gasteiger partial charge in [-0.25, -0.2) is 15.4 Å². The summed E-state index contributed by atoms with van der Waals surface area (Å²) in [6.45, 7) is 1.46. The zero-order chi connectivity index (χ0) is 20.0. The van der Waals surface area contributed by atoms with E-state index >= 15 is 0 Å². The molecule has 0 fully saturated rings. The fraction of sp³-hybridized carbons (Fsp3) is 0.190. The molecule has 1 amide bonds. The molecule has 0 unspecified atom stereocenters. The average molecular weight is 379 g/mol.